The lowest BCUT2D eigenvalue weighted by Crippen LogP contribution is -2.35. The van der Waals surface area contributed by atoms with Crippen LogP contribution in [0.25, 0.3) is 0 Å². The Kier molecular flexibility index (Phi) is 4.92. The summed E-state index contributed by atoms with van der Waals surface area (Å²) in [5, 5.41) is 9.05. The fourth-order valence-corrected chi connectivity index (χ4v) is 4.02. The molecule has 0 saturated carbocycles. The van der Waals surface area contributed by atoms with Crippen LogP contribution in [0.1, 0.15) is 53.5 Å². The minimum atomic E-state index is -0.948. The van der Waals surface area contributed by atoms with Crippen molar-refractivity contribution in [3.8, 4) is 0 Å². The highest BCUT2D eigenvalue weighted by Crippen LogP contribution is 2.30. The molecule has 2 aromatic rings. The van der Waals surface area contributed by atoms with Crippen LogP contribution in [0, 0.1) is 6.92 Å². The lowest BCUT2D eigenvalue weighted by atomic mass is 9.94. The molecule has 2 saturated heterocycles. The molecular formula is C20H25N5O2. The summed E-state index contributed by atoms with van der Waals surface area (Å²) in [5.74, 6) is 2.10. The molecule has 2 aliphatic rings. The van der Waals surface area contributed by atoms with E-state index < -0.39 is 5.97 Å². The number of aryl methyl sites for hydroxylation is 1. The highest BCUT2D eigenvalue weighted by molar-refractivity contribution is 5.87. The Labute approximate surface area is 159 Å². The molecule has 4 rings (SSSR count). The Hall–Kier alpha value is -2.70. The Morgan fingerprint density at radius 3 is 2.56 bits per heavy atom. The van der Waals surface area contributed by atoms with Crippen LogP contribution in [0.15, 0.2) is 24.4 Å². The van der Waals surface area contributed by atoms with E-state index in [2.05, 4.69) is 25.8 Å². The van der Waals surface area contributed by atoms with Crippen molar-refractivity contribution < 1.29 is 9.90 Å². The summed E-state index contributed by atoms with van der Waals surface area (Å²) in [7, 11) is 0. The molecule has 1 unspecified atom stereocenters. The summed E-state index contributed by atoms with van der Waals surface area (Å²) < 4.78 is 0. The van der Waals surface area contributed by atoms with E-state index in [0.717, 1.165) is 62.2 Å². The second kappa shape index (κ2) is 7.50. The van der Waals surface area contributed by atoms with Gasteiger partial charge in [0, 0.05) is 44.4 Å². The number of carboxylic acids is 1. The molecule has 0 aliphatic carbocycles. The predicted molar refractivity (Wildman–Crippen MR) is 104 cm³/mol. The van der Waals surface area contributed by atoms with E-state index >= 15 is 0 Å². The number of hydrogen-bond acceptors (Lipinski definition) is 6. The van der Waals surface area contributed by atoms with Crippen molar-refractivity contribution in [2.24, 2.45) is 0 Å². The third-order valence-corrected chi connectivity index (χ3v) is 5.43. The van der Waals surface area contributed by atoms with Crippen LogP contribution in [0.5, 0.6) is 0 Å². The monoisotopic (exact) mass is 367 g/mol. The number of anilines is 2. The Balaban J connectivity index is 1.53. The van der Waals surface area contributed by atoms with E-state index in [4.69, 9.17) is 10.1 Å². The van der Waals surface area contributed by atoms with Crippen LogP contribution in [-0.2, 0) is 0 Å². The zero-order valence-corrected chi connectivity index (χ0v) is 15.6. The average molecular weight is 367 g/mol. The van der Waals surface area contributed by atoms with Gasteiger partial charge in [-0.1, -0.05) is 0 Å². The fourth-order valence-electron chi connectivity index (χ4n) is 4.02. The number of carboxylic acid groups (broad SMARTS) is 1. The van der Waals surface area contributed by atoms with Crippen molar-refractivity contribution in [1.29, 1.82) is 0 Å². The number of aromatic carboxylic acids is 1. The van der Waals surface area contributed by atoms with Gasteiger partial charge in [-0.15, -0.1) is 0 Å². The first kappa shape index (κ1) is 17.7. The maximum Gasteiger partial charge on any atom is 0.337 e. The quantitative estimate of drug-likeness (QED) is 0.890. The van der Waals surface area contributed by atoms with Gasteiger partial charge in [0.2, 0.25) is 0 Å². The average Bonchev–Trinajstić information content (AvgIpc) is 3.23. The molecule has 2 fully saturated rings. The first-order valence-electron chi connectivity index (χ1n) is 9.65. The first-order chi connectivity index (χ1) is 13.1. The van der Waals surface area contributed by atoms with E-state index in [-0.39, 0.29) is 5.56 Å². The van der Waals surface area contributed by atoms with Crippen molar-refractivity contribution >= 4 is 17.6 Å². The predicted octanol–water partition coefficient (Wildman–Crippen LogP) is 2.86. The Morgan fingerprint density at radius 1 is 1.07 bits per heavy atom. The van der Waals surface area contributed by atoms with Gasteiger partial charge < -0.3 is 14.9 Å². The molecule has 0 radical (unpaired) electrons. The van der Waals surface area contributed by atoms with Crippen LogP contribution < -0.4 is 9.80 Å². The number of piperidine rings is 1. The number of carbonyl (C=O) groups is 1. The Bertz CT molecular complexity index is 818. The van der Waals surface area contributed by atoms with Crippen molar-refractivity contribution in [2.75, 3.05) is 36.0 Å². The molecule has 1 atom stereocenters. The van der Waals surface area contributed by atoms with Crippen LogP contribution in [0.3, 0.4) is 0 Å². The summed E-state index contributed by atoms with van der Waals surface area (Å²) in [6, 6.07) is 5.58. The highest BCUT2D eigenvalue weighted by Gasteiger charge is 2.25. The van der Waals surface area contributed by atoms with Gasteiger partial charge in [-0.05, 0) is 44.7 Å². The van der Waals surface area contributed by atoms with E-state index in [9.17, 15) is 4.79 Å². The van der Waals surface area contributed by atoms with Crippen molar-refractivity contribution in [1.82, 2.24) is 15.0 Å². The molecule has 0 aromatic carbocycles. The summed E-state index contributed by atoms with van der Waals surface area (Å²) in [6.07, 6.45) is 6.05. The second-order valence-corrected chi connectivity index (χ2v) is 7.39. The van der Waals surface area contributed by atoms with E-state index in [0.29, 0.717) is 5.92 Å². The van der Waals surface area contributed by atoms with Crippen molar-refractivity contribution in [3.63, 3.8) is 0 Å². The van der Waals surface area contributed by atoms with Gasteiger partial charge in [-0.2, -0.15) is 0 Å². The molecule has 2 aliphatic heterocycles. The van der Waals surface area contributed by atoms with Crippen LogP contribution in [0.2, 0.25) is 0 Å². The number of aromatic nitrogens is 3. The summed E-state index contributed by atoms with van der Waals surface area (Å²) in [6.45, 7) is 5.89. The van der Waals surface area contributed by atoms with E-state index in [1.165, 1.54) is 19.0 Å². The second-order valence-electron chi connectivity index (χ2n) is 7.39. The third-order valence-electron chi connectivity index (χ3n) is 5.43. The number of rotatable bonds is 4. The maximum absolute atomic E-state index is 11.0. The molecule has 2 aromatic heterocycles. The summed E-state index contributed by atoms with van der Waals surface area (Å²) in [4.78, 5) is 29.3. The molecular weight excluding hydrogens is 342 g/mol. The smallest absolute Gasteiger partial charge is 0.337 e. The SMILES string of the molecule is Cc1nc(C2CCCN(c3ccc(C(=O)O)cn3)C2)cc(N2CCCC2)n1. The van der Waals surface area contributed by atoms with Crippen molar-refractivity contribution in [3.05, 3.63) is 41.5 Å². The van der Waals surface area contributed by atoms with Gasteiger partial charge in [-0.3, -0.25) is 0 Å². The molecule has 0 amide bonds. The normalized spacial score (nSPS) is 20.1. The standard InChI is InChI=1S/C20H25N5O2/c1-14-22-17(11-19(23-14)24-8-2-3-9-24)16-5-4-10-25(13-16)18-7-6-15(12-21-18)20(26)27/h6-7,11-12,16H,2-5,8-10,13H2,1H3,(H,26,27). The minimum Gasteiger partial charge on any atom is -0.478 e. The molecule has 27 heavy (non-hydrogen) atoms. The first-order valence-corrected chi connectivity index (χ1v) is 9.65. The summed E-state index contributed by atoms with van der Waals surface area (Å²) in [5.41, 5.74) is 1.32. The molecule has 7 heteroatoms. The lowest BCUT2D eigenvalue weighted by Gasteiger charge is -2.33. The number of pyridine rings is 1. The number of nitrogens with zero attached hydrogens (tertiary/aromatic N) is 5. The van der Waals surface area contributed by atoms with Crippen LogP contribution in [-0.4, -0.2) is 52.2 Å². The zero-order chi connectivity index (χ0) is 18.8. The Morgan fingerprint density at radius 2 is 1.85 bits per heavy atom. The zero-order valence-electron chi connectivity index (χ0n) is 15.6. The van der Waals surface area contributed by atoms with Gasteiger partial charge in [0.25, 0.3) is 0 Å². The third kappa shape index (κ3) is 3.86. The highest BCUT2D eigenvalue weighted by atomic mass is 16.4. The van der Waals surface area contributed by atoms with Gasteiger partial charge in [0.15, 0.2) is 0 Å². The molecule has 7 nitrogen and oxygen atoms in total. The minimum absolute atomic E-state index is 0.217. The summed E-state index contributed by atoms with van der Waals surface area (Å²) >= 11 is 0. The van der Waals surface area contributed by atoms with Gasteiger partial charge in [0.05, 0.1) is 11.3 Å². The topological polar surface area (TPSA) is 82.5 Å². The van der Waals surface area contributed by atoms with Crippen molar-refractivity contribution in [2.45, 2.75) is 38.5 Å². The van der Waals surface area contributed by atoms with Gasteiger partial charge in [0.1, 0.15) is 17.5 Å². The molecule has 1 N–H and O–H groups in total. The van der Waals surface area contributed by atoms with E-state index in [1.54, 1.807) is 12.1 Å². The fraction of sp³-hybridized carbons (Fsp3) is 0.500. The van der Waals surface area contributed by atoms with Crippen LogP contribution in [0.4, 0.5) is 11.6 Å². The molecule has 0 spiro atoms. The maximum atomic E-state index is 11.0. The van der Waals surface area contributed by atoms with Crippen LogP contribution >= 0.6 is 0 Å². The van der Waals surface area contributed by atoms with Gasteiger partial charge in [-0.25, -0.2) is 19.7 Å². The molecule has 142 valence electrons. The lowest BCUT2D eigenvalue weighted by molar-refractivity contribution is 0.0696. The van der Waals surface area contributed by atoms with Gasteiger partial charge >= 0.3 is 5.97 Å². The largest absolute Gasteiger partial charge is 0.478 e. The molecule has 0 bridgehead atoms. The number of hydrogen-bond donors (Lipinski definition) is 1. The van der Waals surface area contributed by atoms with E-state index in [1.807, 2.05) is 6.92 Å². The molecule has 4 heterocycles.